The number of ether oxygens (including phenoxy) is 3. The molecular formula is C12H19ClN4O3. The highest BCUT2D eigenvalue weighted by molar-refractivity contribution is 6.28. The second kappa shape index (κ2) is 6.07. The minimum atomic E-state index is -0.547. The number of aromatic nitrogens is 3. The first-order valence-electron chi connectivity index (χ1n) is 6.48. The molecule has 1 aliphatic rings. The van der Waals surface area contributed by atoms with E-state index in [1.54, 1.807) is 0 Å². The van der Waals surface area contributed by atoms with Crippen LogP contribution >= 0.6 is 11.6 Å². The van der Waals surface area contributed by atoms with Crippen molar-refractivity contribution in [3.8, 4) is 6.01 Å². The van der Waals surface area contributed by atoms with Crippen LogP contribution in [-0.4, -0.2) is 46.1 Å². The Kier molecular flexibility index (Phi) is 4.62. The van der Waals surface area contributed by atoms with Crippen LogP contribution in [0.4, 0.5) is 5.95 Å². The van der Waals surface area contributed by atoms with E-state index in [-0.39, 0.29) is 23.5 Å². The predicted molar refractivity (Wildman–Crippen MR) is 74.0 cm³/mol. The first-order valence-corrected chi connectivity index (χ1v) is 6.86. The van der Waals surface area contributed by atoms with E-state index < -0.39 is 5.79 Å². The van der Waals surface area contributed by atoms with Crippen LogP contribution in [0.25, 0.3) is 0 Å². The van der Waals surface area contributed by atoms with Gasteiger partial charge in [-0.1, -0.05) is 0 Å². The number of halogens is 1. The van der Waals surface area contributed by atoms with Crippen molar-refractivity contribution in [1.82, 2.24) is 15.0 Å². The van der Waals surface area contributed by atoms with Gasteiger partial charge in [-0.2, -0.15) is 15.0 Å². The maximum Gasteiger partial charge on any atom is 0.322 e. The van der Waals surface area contributed by atoms with Gasteiger partial charge in [-0.25, -0.2) is 0 Å². The van der Waals surface area contributed by atoms with Crippen molar-refractivity contribution in [3.63, 3.8) is 0 Å². The summed E-state index contributed by atoms with van der Waals surface area (Å²) < 4.78 is 16.5. The highest BCUT2D eigenvalue weighted by Gasteiger charge is 2.32. The Morgan fingerprint density at radius 3 is 2.75 bits per heavy atom. The lowest BCUT2D eigenvalue weighted by Crippen LogP contribution is -2.26. The van der Waals surface area contributed by atoms with Crippen LogP contribution in [-0.2, 0) is 9.47 Å². The van der Waals surface area contributed by atoms with Crippen molar-refractivity contribution in [2.75, 3.05) is 18.5 Å². The molecule has 0 aliphatic carbocycles. The molecule has 1 atom stereocenters. The van der Waals surface area contributed by atoms with E-state index in [1.807, 2.05) is 27.7 Å². The van der Waals surface area contributed by atoms with E-state index in [9.17, 15) is 0 Å². The van der Waals surface area contributed by atoms with E-state index in [1.165, 1.54) is 0 Å². The molecule has 20 heavy (non-hydrogen) atoms. The molecule has 1 saturated heterocycles. The highest BCUT2D eigenvalue weighted by atomic mass is 35.5. The Balaban J connectivity index is 1.94. The Bertz CT molecular complexity index is 470. The average molecular weight is 303 g/mol. The zero-order valence-corrected chi connectivity index (χ0v) is 12.8. The van der Waals surface area contributed by atoms with Crippen LogP contribution in [0, 0.1) is 0 Å². The highest BCUT2D eigenvalue weighted by Crippen LogP contribution is 2.22. The van der Waals surface area contributed by atoms with Crippen LogP contribution in [0.5, 0.6) is 6.01 Å². The van der Waals surface area contributed by atoms with Crippen LogP contribution in [0.3, 0.4) is 0 Å². The number of nitrogens with one attached hydrogen (secondary N) is 1. The average Bonchev–Trinajstić information content (AvgIpc) is 2.65. The summed E-state index contributed by atoms with van der Waals surface area (Å²) in [6, 6.07) is 0.200. The van der Waals surface area contributed by atoms with Gasteiger partial charge in [0.2, 0.25) is 11.2 Å². The second-order valence-electron chi connectivity index (χ2n) is 5.21. The van der Waals surface area contributed by atoms with Crippen molar-refractivity contribution in [1.29, 1.82) is 0 Å². The molecule has 0 spiro atoms. The Hall–Kier alpha value is -1.18. The molecular weight excluding hydrogens is 284 g/mol. The molecule has 1 N–H and O–H groups in total. The lowest BCUT2D eigenvalue weighted by molar-refractivity contribution is -0.136. The van der Waals surface area contributed by atoms with Crippen molar-refractivity contribution < 1.29 is 14.2 Å². The maximum atomic E-state index is 5.84. The van der Waals surface area contributed by atoms with Crippen molar-refractivity contribution in [2.45, 2.75) is 45.7 Å². The molecule has 112 valence electrons. The molecule has 0 aromatic carbocycles. The normalized spacial score (nSPS) is 21.2. The number of rotatable bonds is 5. The summed E-state index contributed by atoms with van der Waals surface area (Å²) in [5, 5.41) is 3.13. The molecule has 0 amide bonds. The fourth-order valence-corrected chi connectivity index (χ4v) is 1.90. The minimum absolute atomic E-state index is 0.0336. The minimum Gasteiger partial charge on any atom is -0.461 e. The third-order valence-electron chi connectivity index (χ3n) is 2.48. The quantitative estimate of drug-likeness (QED) is 0.889. The third kappa shape index (κ3) is 4.43. The lowest BCUT2D eigenvalue weighted by atomic mass is 10.4. The molecule has 1 aromatic rings. The van der Waals surface area contributed by atoms with Crippen LogP contribution in [0.15, 0.2) is 0 Å². The molecule has 0 radical (unpaired) electrons. The van der Waals surface area contributed by atoms with E-state index in [0.717, 1.165) is 0 Å². The summed E-state index contributed by atoms with van der Waals surface area (Å²) in [5.41, 5.74) is 0. The summed E-state index contributed by atoms with van der Waals surface area (Å²) in [7, 11) is 0. The Morgan fingerprint density at radius 2 is 2.15 bits per heavy atom. The van der Waals surface area contributed by atoms with Gasteiger partial charge in [-0.05, 0) is 39.3 Å². The van der Waals surface area contributed by atoms with Crippen LogP contribution < -0.4 is 10.1 Å². The first-order chi connectivity index (χ1) is 9.34. The van der Waals surface area contributed by atoms with Gasteiger partial charge in [0.15, 0.2) is 5.79 Å². The second-order valence-corrected chi connectivity index (χ2v) is 5.55. The van der Waals surface area contributed by atoms with E-state index in [2.05, 4.69) is 20.3 Å². The number of hydrogen-bond acceptors (Lipinski definition) is 7. The topological polar surface area (TPSA) is 78.4 Å². The Labute approximate surface area is 123 Å². The van der Waals surface area contributed by atoms with Crippen molar-refractivity contribution >= 4 is 17.5 Å². The number of nitrogens with zero attached hydrogens (tertiary/aromatic N) is 3. The zero-order valence-electron chi connectivity index (χ0n) is 12.0. The SMILES string of the molecule is CC(C)Oc1nc(Cl)nc(NCC2COC(C)(C)O2)n1. The summed E-state index contributed by atoms with van der Waals surface area (Å²) in [5.74, 6) is -0.191. The first kappa shape index (κ1) is 15.2. The Morgan fingerprint density at radius 1 is 1.40 bits per heavy atom. The molecule has 2 heterocycles. The fraction of sp³-hybridized carbons (Fsp3) is 0.750. The molecule has 2 rings (SSSR count). The molecule has 7 nitrogen and oxygen atoms in total. The summed E-state index contributed by atoms with van der Waals surface area (Å²) >= 11 is 5.84. The molecule has 1 aromatic heterocycles. The third-order valence-corrected chi connectivity index (χ3v) is 2.65. The smallest absolute Gasteiger partial charge is 0.322 e. The monoisotopic (exact) mass is 302 g/mol. The van der Waals surface area contributed by atoms with Gasteiger partial charge in [0.1, 0.15) is 6.10 Å². The summed E-state index contributed by atoms with van der Waals surface area (Å²) in [4.78, 5) is 12.0. The van der Waals surface area contributed by atoms with Gasteiger partial charge in [-0.3, -0.25) is 0 Å². The van der Waals surface area contributed by atoms with E-state index in [4.69, 9.17) is 25.8 Å². The number of hydrogen-bond donors (Lipinski definition) is 1. The van der Waals surface area contributed by atoms with E-state index in [0.29, 0.717) is 19.1 Å². The standard InChI is InChI=1S/C12H19ClN4O3/c1-7(2)19-11-16-9(13)15-10(17-11)14-5-8-6-18-12(3,4)20-8/h7-8H,5-6H2,1-4H3,(H,14,15,16,17). The lowest BCUT2D eigenvalue weighted by Gasteiger charge is -2.17. The van der Waals surface area contributed by atoms with Crippen molar-refractivity contribution in [2.24, 2.45) is 0 Å². The zero-order chi connectivity index (χ0) is 14.8. The van der Waals surface area contributed by atoms with Gasteiger partial charge in [-0.15, -0.1) is 0 Å². The van der Waals surface area contributed by atoms with Gasteiger partial charge >= 0.3 is 6.01 Å². The molecule has 0 saturated carbocycles. The molecule has 1 fully saturated rings. The largest absolute Gasteiger partial charge is 0.461 e. The van der Waals surface area contributed by atoms with E-state index >= 15 is 0 Å². The van der Waals surface area contributed by atoms with Gasteiger partial charge < -0.3 is 19.5 Å². The molecule has 0 bridgehead atoms. The van der Waals surface area contributed by atoms with Gasteiger partial charge in [0, 0.05) is 6.54 Å². The van der Waals surface area contributed by atoms with Crippen LogP contribution in [0.2, 0.25) is 5.28 Å². The number of anilines is 1. The fourth-order valence-electron chi connectivity index (χ4n) is 1.74. The van der Waals surface area contributed by atoms with Gasteiger partial charge in [0.05, 0.1) is 12.7 Å². The predicted octanol–water partition coefficient (Wildman–Crippen LogP) is 1.88. The summed E-state index contributed by atoms with van der Waals surface area (Å²) in [6.45, 7) is 8.56. The van der Waals surface area contributed by atoms with Gasteiger partial charge in [0.25, 0.3) is 0 Å². The summed E-state index contributed by atoms with van der Waals surface area (Å²) in [6.07, 6.45) is -0.0938. The van der Waals surface area contributed by atoms with Crippen molar-refractivity contribution in [3.05, 3.63) is 5.28 Å². The molecule has 8 heteroatoms. The van der Waals surface area contributed by atoms with Crippen LogP contribution in [0.1, 0.15) is 27.7 Å². The molecule has 1 aliphatic heterocycles. The molecule has 1 unspecified atom stereocenters. The maximum absolute atomic E-state index is 5.84.